The lowest BCUT2D eigenvalue weighted by Crippen LogP contribution is -2.24. The zero-order chi connectivity index (χ0) is 20.1. The first-order valence-electron chi connectivity index (χ1n) is 10.1. The lowest BCUT2D eigenvalue weighted by Gasteiger charge is -2.24. The van der Waals surface area contributed by atoms with Crippen molar-refractivity contribution in [1.29, 1.82) is 0 Å². The van der Waals surface area contributed by atoms with Crippen LogP contribution >= 0.6 is 0 Å². The van der Waals surface area contributed by atoms with Crippen molar-refractivity contribution in [2.45, 2.75) is 71.6 Å². The molecule has 4 heteroatoms. The third-order valence-corrected chi connectivity index (χ3v) is 6.95. The summed E-state index contributed by atoms with van der Waals surface area (Å²) in [4.78, 5) is 0.368. The van der Waals surface area contributed by atoms with Crippen molar-refractivity contribution in [3.05, 3.63) is 36.4 Å². The molecule has 152 valence electrons. The van der Waals surface area contributed by atoms with E-state index in [1.54, 1.807) is 18.2 Å². The summed E-state index contributed by atoms with van der Waals surface area (Å²) in [5.41, 5.74) is 0.0255. The Balaban J connectivity index is 1.92. The van der Waals surface area contributed by atoms with Gasteiger partial charge >= 0.3 is 0 Å². The van der Waals surface area contributed by atoms with Gasteiger partial charge in [-0.3, -0.25) is 0 Å². The van der Waals surface area contributed by atoms with Crippen LogP contribution in [0.5, 0.6) is 5.75 Å². The molecule has 1 aromatic carbocycles. The molecule has 0 atom stereocenters. The normalized spacial score (nSPS) is 16.0. The van der Waals surface area contributed by atoms with Crippen molar-refractivity contribution in [1.82, 2.24) is 0 Å². The first kappa shape index (κ1) is 22.0. The fourth-order valence-electron chi connectivity index (χ4n) is 2.95. The van der Waals surface area contributed by atoms with E-state index in [2.05, 4.69) is 32.9 Å². The number of rotatable bonds is 10. The molecule has 3 nitrogen and oxygen atoms in total. The SMILES string of the molecule is CC(C)(C)C/C=C/CCC(C)(C)CS(=O)(=O)c1cccc(OCC2CC2)c1. The van der Waals surface area contributed by atoms with Gasteiger partial charge in [-0.25, -0.2) is 8.42 Å². The number of ether oxygens (including phenoxy) is 1. The van der Waals surface area contributed by atoms with Gasteiger partial charge in [-0.2, -0.15) is 0 Å². The van der Waals surface area contributed by atoms with E-state index in [1.807, 2.05) is 19.9 Å². The minimum absolute atomic E-state index is 0.152. The molecule has 0 radical (unpaired) electrons. The third kappa shape index (κ3) is 8.50. The van der Waals surface area contributed by atoms with Crippen LogP contribution in [0.15, 0.2) is 41.3 Å². The monoisotopic (exact) mass is 392 g/mol. The van der Waals surface area contributed by atoms with Gasteiger partial charge in [-0.05, 0) is 67.1 Å². The van der Waals surface area contributed by atoms with Crippen molar-refractivity contribution in [3.63, 3.8) is 0 Å². The van der Waals surface area contributed by atoms with Gasteiger partial charge < -0.3 is 4.74 Å². The number of hydrogen-bond acceptors (Lipinski definition) is 3. The summed E-state index contributed by atoms with van der Waals surface area (Å²) in [6.07, 6.45) is 9.64. The van der Waals surface area contributed by atoms with E-state index in [9.17, 15) is 8.42 Å². The van der Waals surface area contributed by atoms with Gasteiger partial charge in [-0.1, -0.05) is 52.8 Å². The van der Waals surface area contributed by atoms with Gasteiger partial charge in [0.15, 0.2) is 9.84 Å². The van der Waals surface area contributed by atoms with Crippen molar-refractivity contribution in [2.75, 3.05) is 12.4 Å². The van der Waals surface area contributed by atoms with Gasteiger partial charge in [-0.15, -0.1) is 0 Å². The zero-order valence-corrected chi connectivity index (χ0v) is 18.4. The second kappa shape index (κ2) is 8.81. The Kier molecular flexibility index (Phi) is 7.18. The number of allylic oxidation sites excluding steroid dienone is 2. The van der Waals surface area contributed by atoms with Crippen molar-refractivity contribution in [2.24, 2.45) is 16.7 Å². The molecule has 1 fully saturated rings. The average Bonchev–Trinajstić information content (AvgIpc) is 3.35. The van der Waals surface area contributed by atoms with Gasteiger partial charge in [0.2, 0.25) is 0 Å². The topological polar surface area (TPSA) is 43.4 Å². The van der Waals surface area contributed by atoms with E-state index in [0.29, 0.717) is 28.6 Å². The molecule has 27 heavy (non-hydrogen) atoms. The quantitative estimate of drug-likeness (QED) is 0.455. The molecule has 1 aliphatic rings. The fourth-order valence-corrected chi connectivity index (χ4v) is 4.88. The van der Waals surface area contributed by atoms with Crippen LogP contribution in [0.3, 0.4) is 0 Å². The van der Waals surface area contributed by atoms with Crippen molar-refractivity contribution in [3.8, 4) is 5.75 Å². The predicted molar refractivity (Wildman–Crippen MR) is 113 cm³/mol. The van der Waals surface area contributed by atoms with Crippen molar-refractivity contribution >= 4 is 9.84 Å². The summed E-state index contributed by atoms with van der Waals surface area (Å²) in [5.74, 6) is 1.46. The highest BCUT2D eigenvalue weighted by atomic mass is 32.2. The van der Waals surface area contributed by atoms with E-state index >= 15 is 0 Å². The number of benzene rings is 1. The fraction of sp³-hybridized carbons (Fsp3) is 0.652. The molecule has 0 N–H and O–H groups in total. The van der Waals surface area contributed by atoms with Crippen LogP contribution in [-0.4, -0.2) is 20.8 Å². The Hall–Kier alpha value is -1.29. The van der Waals surface area contributed by atoms with Crippen LogP contribution in [-0.2, 0) is 9.84 Å². The predicted octanol–water partition coefficient (Wildman–Crippen LogP) is 6.05. The Morgan fingerprint density at radius 3 is 2.44 bits per heavy atom. The molecular formula is C23H36O3S. The van der Waals surface area contributed by atoms with Crippen LogP contribution in [0.1, 0.15) is 66.7 Å². The second-order valence-electron chi connectivity index (χ2n) is 9.93. The molecule has 1 saturated carbocycles. The summed E-state index contributed by atoms with van der Waals surface area (Å²) < 4.78 is 31.5. The molecule has 0 aliphatic heterocycles. The minimum atomic E-state index is -3.33. The molecular weight excluding hydrogens is 356 g/mol. The molecule has 0 heterocycles. The summed E-state index contributed by atoms with van der Waals surface area (Å²) in [5, 5.41) is 0. The molecule has 2 rings (SSSR count). The van der Waals surface area contributed by atoms with E-state index in [0.717, 1.165) is 19.3 Å². The molecule has 0 unspecified atom stereocenters. The number of sulfone groups is 1. The van der Waals surface area contributed by atoms with Crippen LogP contribution in [0.25, 0.3) is 0 Å². The van der Waals surface area contributed by atoms with E-state index in [4.69, 9.17) is 4.74 Å². The Morgan fingerprint density at radius 1 is 1.11 bits per heavy atom. The van der Waals surface area contributed by atoms with Gasteiger partial charge in [0.1, 0.15) is 5.75 Å². The minimum Gasteiger partial charge on any atom is -0.493 e. The summed E-state index contributed by atoms with van der Waals surface area (Å²) in [6, 6.07) is 6.97. The van der Waals surface area contributed by atoms with E-state index < -0.39 is 9.84 Å². The first-order chi connectivity index (χ1) is 12.5. The van der Waals surface area contributed by atoms with Gasteiger partial charge in [0, 0.05) is 0 Å². The highest BCUT2D eigenvalue weighted by Crippen LogP contribution is 2.31. The summed E-state index contributed by atoms with van der Waals surface area (Å²) in [7, 11) is -3.33. The standard InChI is InChI=1S/C23H36O3S/c1-22(2,3)14-7-6-8-15-23(4,5)18-27(24,25)21-11-9-10-20(16-21)26-17-19-12-13-19/h6-7,9-11,16,19H,8,12-15,17-18H2,1-5H3/b7-6+. The lowest BCUT2D eigenvalue weighted by atomic mass is 9.89. The Morgan fingerprint density at radius 2 is 1.81 bits per heavy atom. The summed E-state index contributed by atoms with van der Waals surface area (Å²) in [6.45, 7) is 11.4. The smallest absolute Gasteiger partial charge is 0.179 e. The summed E-state index contributed by atoms with van der Waals surface area (Å²) >= 11 is 0. The van der Waals surface area contributed by atoms with E-state index in [1.165, 1.54) is 12.8 Å². The van der Waals surface area contributed by atoms with Crippen molar-refractivity contribution < 1.29 is 13.2 Å². The van der Waals surface area contributed by atoms with Crippen LogP contribution in [0, 0.1) is 16.7 Å². The van der Waals surface area contributed by atoms with Gasteiger partial charge in [0.05, 0.1) is 17.3 Å². The first-order valence-corrected chi connectivity index (χ1v) is 11.7. The Bertz CT molecular complexity index is 735. The Labute approximate surface area is 166 Å². The maximum absolute atomic E-state index is 12.9. The van der Waals surface area contributed by atoms with Crippen LogP contribution in [0.2, 0.25) is 0 Å². The lowest BCUT2D eigenvalue weighted by molar-refractivity contribution is 0.299. The van der Waals surface area contributed by atoms with Gasteiger partial charge in [0.25, 0.3) is 0 Å². The molecule has 1 aromatic rings. The third-order valence-electron chi connectivity index (χ3n) is 4.81. The molecule has 0 amide bonds. The maximum Gasteiger partial charge on any atom is 0.179 e. The maximum atomic E-state index is 12.9. The highest BCUT2D eigenvalue weighted by molar-refractivity contribution is 7.91. The molecule has 0 spiro atoms. The largest absolute Gasteiger partial charge is 0.493 e. The molecule has 1 aliphatic carbocycles. The average molecular weight is 393 g/mol. The molecule has 0 saturated heterocycles. The van der Waals surface area contributed by atoms with E-state index in [-0.39, 0.29) is 11.2 Å². The zero-order valence-electron chi connectivity index (χ0n) is 17.6. The highest BCUT2D eigenvalue weighted by Gasteiger charge is 2.27. The van der Waals surface area contributed by atoms with Crippen LogP contribution < -0.4 is 4.74 Å². The molecule has 0 bridgehead atoms. The van der Waals surface area contributed by atoms with Crippen LogP contribution in [0.4, 0.5) is 0 Å². The number of hydrogen-bond donors (Lipinski definition) is 0. The molecule has 0 aromatic heterocycles. The second-order valence-corrected chi connectivity index (χ2v) is 11.9.